The van der Waals surface area contributed by atoms with Gasteiger partial charge in [0.2, 0.25) is 17.7 Å². The number of carboxylic acid groups (broad SMARTS) is 1. The lowest BCUT2D eigenvalue weighted by Crippen LogP contribution is -2.58. The van der Waals surface area contributed by atoms with E-state index in [2.05, 4.69) is 21.3 Å². The molecule has 0 unspecified atom stereocenters. The molecule has 0 spiro atoms. The van der Waals surface area contributed by atoms with Crippen molar-refractivity contribution in [3.8, 4) is 5.75 Å². The molecule has 1 fully saturated rings. The summed E-state index contributed by atoms with van der Waals surface area (Å²) in [6.07, 6.45) is 1.32. The first-order chi connectivity index (χ1) is 15.2. The topological polar surface area (TPSA) is 197 Å². The predicted molar refractivity (Wildman–Crippen MR) is 110 cm³/mol. The maximum absolute atomic E-state index is 12.7. The van der Waals surface area contributed by atoms with Gasteiger partial charge in [-0.1, -0.05) is 12.1 Å². The van der Waals surface area contributed by atoms with Gasteiger partial charge in [-0.25, -0.2) is 4.79 Å². The van der Waals surface area contributed by atoms with E-state index in [1.807, 2.05) is 0 Å². The van der Waals surface area contributed by atoms with Gasteiger partial charge in [0.15, 0.2) is 0 Å². The van der Waals surface area contributed by atoms with Gasteiger partial charge in [0.05, 0.1) is 19.3 Å². The second kappa shape index (κ2) is 12.0. The smallest absolute Gasteiger partial charge is 0.328 e. The zero-order chi connectivity index (χ0) is 23.7. The molecule has 0 aromatic heterocycles. The third-order valence-electron chi connectivity index (χ3n) is 5.00. The maximum Gasteiger partial charge on any atom is 0.328 e. The van der Waals surface area contributed by atoms with Gasteiger partial charge in [0, 0.05) is 6.42 Å². The number of aromatic hydroxyl groups is 1. The lowest BCUT2D eigenvalue weighted by molar-refractivity contribution is -0.143. The van der Waals surface area contributed by atoms with Gasteiger partial charge in [-0.2, -0.15) is 0 Å². The molecule has 3 amide bonds. The molecule has 12 nitrogen and oxygen atoms in total. The Balaban J connectivity index is 2.12. The number of hydrogen-bond donors (Lipinski definition) is 8. The summed E-state index contributed by atoms with van der Waals surface area (Å²) in [5, 5.41) is 47.2. The monoisotopic (exact) mass is 452 g/mol. The number of phenolic OH excluding ortho intramolecular Hbond substituents is 1. The van der Waals surface area contributed by atoms with E-state index in [0.29, 0.717) is 18.5 Å². The Kier molecular flexibility index (Phi) is 9.38. The molecule has 0 bridgehead atoms. The molecule has 1 aromatic carbocycles. The minimum absolute atomic E-state index is 0.00594. The molecule has 1 aromatic rings. The second-order valence-electron chi connectivity index (χ2n) is 7.41. The standard InChI is InChI=1S/C20H28N4O8/c25-9-15(23-17(28)13-2-1-7-21-13)19(30)22-14(8-11-3-5-12(27)6-4-11)18(29)24-16(10-26)20(31)32/h3-6,13-16,21,25-27H,1-2,7-10H2,(H,22,30)(H,23,28)(H,24,29)(H,31,32)/t13-,14-,15-,16-/m0/s1. The first-order valence-corrected chi connectivity index (χ1v) is 10.1. The van der Waals surface area contributed by atoms with Gasteiger partial charge in [0.25, 0.3) is 0 Å². The highest BCUT2D eigenvalue weighted by atomic mass is 16.4. The zero-order valence-electron chi connectivity index (χ0n) is 17.3. The summed E-state index contributed by atoms with van der Waals surface area (Å²) in [5.74, 6) is -3.64. The number of amides is 3. The van der Waals surface area contributed by atoms with E-state index < -0.39 is 61.1 Å². The van der Waals surface area contributed by atoms with Crippen LogP contribution in [0.15, 0.2) is 24.3 Å². The Morgan fingerprint density at radius 1 is 0.938 bits per heavy atom. The van der Waals surface area contributed by atoms with Gasteiger partial charge in [-0.3, -0.25) is 14.4 Å². The van der Waals surface area contributed by atoms with Crippen LogP contribution in [0.2, 0.25) is 0 Å². The van der Waals surface area contributed by atoms with E-state index in [4.69, 9.17) is 10.2 Å². The van der Waals surface area contributed by atoms with E-state index in [0.717, 1.165) is 6.42 Å². The van der Waals surface area contributed by atoms with Gasteiger partial charge >= 0.3 is 5.97 Å². The molecule has 2 rings (SSSR count). The molecule has 4 atom stereocenters. The third kappa shape index (κ3) is 7.18. The van der Waals surface area contributed by atoms with Crippen LogP contribution < -0.4 is 21.3 Å². The number of hydrogen-bond acceptors (Lipinski definition) is 8. The predicted octanol–water partition coefficient (Wildman–Crippen LogP) is -2.79. The summed E-state index contributed by atoms with van der Waals surface area (Å²) in [4.78, 5) is 48.7. The van der Waals surface area contributed by atoms with Gasteiger partial charge in [0.1, 0.15) is 23.9 Å². The first-order valence-electron chi connectivity index (χ1n) is 10.1. The van der Waals surface area contributed by atoms with Crippen molar-refractivity contribution < 1.29 is 39.6 Å². The van der Waals surface area contributed by atoms with Crippen LogP contribution in [-0.4, -0.2) is 88.0 Å². The molecule has 1 aliphatic heterocycles. The number of aliphatic hydroxyl groups excluding tert-OH is 2. The fourth-order valence-electron chi connectivity index (χ4n) is 3.18. The molecule has 8 N–H and O–H groups in total. The molecule has 176 valence electrons. The third-order valence-corrected chi connectivity index (χ3v) is 5.00. The number of aliphatic carboxylic acids is 1. The van der Waals surface area contributed by atoms with E-state index in [1.165, 1.54) is 24.3 Å². The average molecular weight is 452 g/mol. The van der Waals surface area contributed by atoms with Crippen molar-refractivity contribution in [3.05, 3.63) is 29.8 Å². The number of carboxylic acids is 1. The number of nitrogens with one attached hydrogen (secondary N) is 4. The lowest BCUT2D eigenvalue weighted by atomic mass is 10.0. The Bertz CT molecular complexity index is 810. The quantitative estimate of drug-likeness (QED) is 0.175. The maximum atomic E-state index is 12.7. The van der Waals surface area contributed by atoms with Crippen LogP contribution in [0.1, 0.15) is 18.4 Å². The fourth-order valence-corrected chi connectivity index (χ4v) is 3.18. The van der Waals surface area contributed by atoms with Crippen molar-refractivity contribution in [1.29, 1.82) is 0 Å². The molecular formula is C20H28N4O8. The van der Waals surface area contributed by atoms with Gasteiger partial charge in [-0.05, 0) is 37.1 Å². The van der Waals surface area contributed by atoms with Crippen molar-refractivity contribution in [2.75, 3.05) is 19.8 Å². The lowest BCUT2D eigenvalue weighted by Gasteiger charge is -2.24. The summed E-state index contributed by atoms with van der Waals surface area (Å²) < 4.78 is 0. The van der Waals surface area contributed by atoms with Crippen molar-refractivity contribution in [2.24, 2.45) is 0 Å². The van der Waals surface area contributed by atoms with Crippen molar-refractivity contribution in [3.63, 3.8) is 0 Å². The molecule has 1 aliphatic rings. The Morgan fingerprint density at radius 2 is 1.53 bits per heavy atom. The number of phenols is 1. The zero-order valence-corrected chi connectivity index (χ0v) is 17.3. The summed E-state index contributed by atoms with van der Waals surface area (Å²) in [6.45, 7) is -0.907. The van der Waals surface area contributed by atoms with E-state index in [1.54, 1.807) is 0 Å². The van der Waals surface area contributed by atoms with Crippen LogP contribution in [0.5, 0.6) is 5.75 Å². The summed E-state index contributed by atoms with van der Waals surface area (Å²) in [7, 11) is 0. The van der Waals surface area contributed by atoms with Crippen molar-refractivity contribution in [2.45, 2.75) is 43.4 Å². The number of rotatable bonds is 11. The van der Waals surface area contributed by atoms with Crippen molar-refractivity contribution in [1.82, 2.24) is 21.3 Å². The molecular weight excluding hydrogens is 424 g/mol. The van der Waals surface area contributed by atoms with Gasteiger partial charge in [-0.15, -0.1) is 0 Å². The van der Waals surface area contributed by atoms with Crippen LogP contribution in [0.25, 0.3) is 0 Å². The van der Waals surface area contributed by atoms with E-state index in [-0.39, 0.29) is 12.2 Å². The molecule has 1 heterocycles. The molecule has 0 radical (unpaired) electrons. The Morgan fingerprint density at radius 3 is 2.06 bits per heavy atom. The van der Waals surface area contributed by atoms with E-state index >= 15 is 0 Å². The van der Waals surface area contributed by atoms with Crippen LogP contribution in [-0.2, 0) is 25.6 Å². The largest absolute Gasteiger partial charge is 0.508 e. The molecule has 12 heteroatoms. The SMILES string of the molecule is O=C(O)[C@H](CO)NC(=O)[C@H](Cc1ccc(O)cc1)NC(=O)[C@H](CO)NC(=O)[C@@H]1CCCN1. The minimum atomic E-state index is -1.58. The highest BCUT2D eigenvalue weighted by Crippen LogP contribution is 2.12. The number of aliphatic hydroxyl groups is 2. The normalized spacial score (nSPS) is 18.2. The summed E-state index contributed by atoms with van der Waals surface area (Å²) in [6, 6.07) is 1.12. The Hall–Kier alpha value is -3.22. The second-order valence-corrected chi connectivity index (χ2v) is 7.41. The summed E-state index contributed by atoms with van der Waals surface area (Å²) >= 11 is 0. The Labute approximate surface area is 184 Å². The van der Waals surface area contributed by atoms with Crippen LogP contribution in [0.3, 0.4) is 0 Å². The minimum Gasteiger partial charge on any atom is -0.508 e. The van der Waals surface area contributed by atoms with Crippen LogP contribution in [0.4, 0.5) is 0 Å². The molecule has 0 saturated carbocycles. The average Bonchev–Trinajstić information content (AvgIpc) is 3.31. The van der Waals surface area contributed by atoms with E-state index in [9.17, 15) is 29.4 Å². The van der Waals surface area contributed by atoms with Gasteiger partial charge < -0.3 is 41.7 Å². The highest BCUT2D eigenvalue weighted by molar-refractivity contribution is 5.94. The fraction of sp³-hybridized carbons (Fsp3) is 0.500. The first kappa shape index (κ1) is 25.0. The number of carbonyl (C=O) groups excluding carboxylic acids is 3. The summed E-state index contributed by atoms with van der Waals surface area (Å²) in [5.41, 5.74) is 0.541. The number of benzene rings is 1. The molecule has 1 saturated heterocycles. The number of carbonyl (C=O) groups is 4. The highest BCUT2D eigenvalue weighted by Gasteiger charge is 2.31. The molecule has 32 heavy (non-hydrogen) atoms. The molecule has 0 aliphatic carbocycles. The van der Waals surface area contributed by atoms with Crippen LogP contribution in [0, 0.1) is 0 Å². The van der Waals surface area contributed by atoms with Crippen molar-refractivity contribution >= 4 is 23.7 Å². The van der Waals surface area contributed by atoms with Crippen LogP contribution >= 0.6 is 0 Å².